The van der Waals surface area contributed by atoms with Crippen molar-refractivity contribution in [2.45, 2.75) is 26.4 Å². The van der Waals surface area contributed by atoms with Crippen LogP contribution in [0.3, 0.4) is 0 Å². The molecule has 22 heavy (non-hydrogen) atoms. The Morgan fingerprint density at radius 3 is 2.64 bits per heavy atom. The van der Waals surface area contributed by atoms with Gasteiger partial charge in [-0.3, -0.25) is 4.57 Å². The maximum absolute atomic E-state index is 12.2. The van der Waals surface area contributed by atoms with E-state index in [1.165, 1.54) is 10.8 Å². The van der Waals surface area contributed by atoms with Gasteiger partial charge in [-0.25, -0.2) is 4.79 Å². The Bertz CT molecular complexity index is 749. The van der Waals surface area contributed by atoms with E-state index in [2.05, 4.69) is 10.2 Å². The fraction of sp³-hybridized carbons (Fsp3) is 0.267. The van der Waals surface area contributed by atoms with Gasteiger partial charge >= 0.3 is 6.09 Å². The normalized spacial score (nSPS) is 11.8. The number of aromatic nitrogens is 1. The molecule has 1 aromatic heterocycles. The first-order chi connectivity index (χ1) is 10.3. The molecule has 1 aromatic carbocycles. The molecule has 2 aromatic rings. The minimum absolute atomic E-state index is 0.116. The summed E-state index contributed by atoms with van der Waals surface area (Å²) in [6.45, 7) is 5.47. The molecule has 0 bridgehead atoms. The van der Waals surface area contributed by atoms with Crippen LogP contribution in [-0.4, -0.2) is 28.4 Å². The Labute approximate surface area is 128 Å². The Kier molecular flexibility index (Phi) is 4.16. The Morgan fingerprint density at radius 2 is 2.00 bits per heavy atom. The minimum atomic E-state index is -0.555. The number of guanidine groups is 1. The number of carbonyl (C=O) groups is 1. The van der Waals surface area contributed by atoms with Crippen molar-refractivity contribution in [1.82, 2.24) is 4.57 Å². The molecule has 7 heteroatoms. The third kappa shape index (κ3) is 3.63. The van der Waals surface area contributed by atoms with Crippen molar-refractivity contribution in [2.24, 2.45) is 21.7 Å². The number of hydrogen-bond donors (Lipinski definition) is 2. The maximum Gasteiger partial charge on any atom is 0.418 e. The molecule has 4 N–H and O–H groups in total. The van der Waals surface area contributed by atoms with Gasteiger partial charge in [0.15, 0.2) is 0 Å². The summed E-state index contributed by atoms with van der Waals surface area (Å²) in [6, 6.07) is 7.32. The number of carbonyl (C=O) groups excluding carboxylic acids is 1. The second-order valence-electron chi connectivity index (χ2n) is 5.72. The van der Waals surface area contributed by atoms with Crippen LogP contribution in [0.2, 0.25) is 0 Å². The summed E-state index contributed by atoms with van der Waals surface area (Å²) in [7, 11) is 0. The average molecular weight is 301 g/mol. The van der Waals surface area contributed by atoms with Crippen LogP contribution in [0.1, 0.15) is 26.3 Å². The maximum atomic E-state index is 12.2. The van der Waals surface area contributed by atoms with Crippen molar-refractivity contribution in [1.29, 1.82) is 0 Å². The molecule has 0 spiro atoms. The van der Waals surface area contributed by atoms with Crippen molar-refractivity contribution in [3.63, 3.8) is 0 Å². The quantitative estimate of drug-likeness (QED) is 0.502. The van der Waals surface area contributed by atoms with Crippen LogP contribution in [0, 0.1) is 0 Å². The van der Waals surface area contributed by atoms with E-state index >= 15 is 0 Å². The van der Waals surface area contributed by atoms with E-state index in [0.717, 1.165) is 16.5 Å². The lowest BCUT2D eigenvalue weighted by molar-refractivity contribution is 0.0544. The van der Waals surface area contributed by atoms with Crippen molar-refractivity contribution in [2.75, 3.05) is 0 Å². The van der Waals surface area contributed by atoms with Gasteiger partial charge < -0.3 is 16.2 Å². The van der Waals surface area contributed by atoms with E-state index < -0.39 is 11.7 Å². The van der Waals surface area contributed by atoms with E-state index in [1.807, 2.05) is 45.0 Å². The topological polar surface area (TPSA) is 108 Å². The highest BCUT2D eigenvalue weighted by Gasteiger charge is 2.19. The summed E-state index contributed by atoms with van der Waals surface area (Å²) < 4.78 is 6.83. The minimum Gasteiger partial charge on any atom is -0.443 e. The van der Waals surface area contributed by atoms with Gasteiger partial charge in [0, 0.05) is 17.1 Å². The molecule has 0 aliphatic heterocycles. The standard InChI is InChI=1S/C15H19N5O2/c1-15(2,3)22-14(21)20-8-7-11-10(5-4-6-12(11)20)9-18-19-13(16)17/h4-9H,1-3H3,(H4,16,17,19). The summed E-state index contributed by atoms with van der Waals surface area (Å²) >= 11 is 0. The summed E-state index contributed by atoms with van der Waals surface area (Å²) in [6.07, 6.45) is 2.76. The van der Waals surface area contributed by atoms with Crippen LogP contribution in [0.15, 0.2) is 40.7 Å². The van der Waals surface area contributed by atoms with Gasteiger partial charge in [-0.05, 0) is 32.9 Å². The number of nitrogens with two attached hydrogens (primary N) is 2. The fourth-order valence-corrected chi connectivity index (χ4v) is 1.93. The third-order valence-corrected chi connectivity index (χ3v) is 2.73. The lowest BCUT2D eigenvalue weighted by Crippen LogP contribution is -2.26. The van der Waals surface area contributed by atoms with Crippen LogP contribution >= 0.6 is 0 Å². The summed E-state index contributed by atoms with van der Waals surface area (Å²) in [4.78, 5) is 12.2. The van der Waals surface area contributed by atoms with Crippen LogP contribution in [0.5, 0.6) is 0 Å². The Hall–Kier alpha value is -2.83. The third-order valence-electron chi connectivity index (χ3n) is 2.73. The highest BCUT2D eigenvalue weighted by Crippen LogP contribution is 2.20. The SMILES string of the molecule is CC(C)(C)OC(=O)n1ccc2c(C=NN=C(N)N)cccc21. The molecule has 0 aliphatic carbocycles. The fourth-order valence-electron chi connectivity index (χ4n) is 1.93. The van der Waals surface area contributed by atoms with E-state index in [4.69, 9.17) is 16.2 Å². The molecule has 0 radical (unpaired) electrons. The molecule has 0 saturated heterocycles. The van der Waals surface area contributed by atoms with E-state index in [1.54, 1.807) is 6.20 Å². The van der Waals surface area contributed by atoms with Crippen molar-refractivity contribution in [3.8, 4) is 0 Å². The van der Waals surface area contributed by atoms with Gasteiger partial charge in [-0.1, -0.05) is 12.1 Å². The van der Waals surface area contributed by atoms with Gasteiger partial charge in [0.1, 0.15) is 5.60 Å². The molecular formula is C15H19N5O2. The molecule has 7 nitrogen and oxygen atoms in total. The smallest absolute Gasteiger partial charge is 0.418 e. The predicted molar refractivity (Wildman–Crippen MR) is 87.0 cm³/mol. The van der Waals surface area contributed by atoms with Crippen molar-refractivity contribution in [3.05, 3.63) is 36.0 Å². The largest absolute Gasteiger partial charge is 0.443 e. The van der Waals surface area contributed by atoms with E-state index in [-0.39, 0.29) is 5.96 Å². The average Bonchev–Trinajstić information content (AvgIpc) is 2.81. The molecule has 0 saturated carbocycles. The Balaban J connectivity index is 2.39. The van der Waals surface area contributed by atoms with Gasteiger partial charge in [-0.2, -0.15) is 5.10 Å². The summed E-state index contributed by atoms with van der Waals surface area (Å²) in [5.41, 5.74) is 11.4. The van der Waals surface area contributed by atoms with Gasteiger partial charge in [0.2, 0.25) is 5.96 Å². The second-order valence-corrected chi connectivity index (χ2v) is 5.72. The highest BCUT2D eigenvalue weighted by atomic mass is 16.6. The first-order valence-electron chi connectivity index (χ1n) is 6.73. The number of hydrogen-bond acceptors (Lipinski definition) is 4. The van der Waals surface area contributed by atoms with Crippen molar-refractivity contribution >= 4 is 29.2 Å². The predicted octanol–water partition coefficient (Wildman–Crippen LogP) is 2.03. The molecule has 0 aliphatic rings. The van der Waals surface area contributed by atoms with Gasteiger partial charge in [-0.15, -0.1) is 5.10 Å². The van der Waals surface area contributed by atoms with Crippen LogP contribution in [0.25, 0.3) is 10.9 Å². The highest BCUT2D eigenvalue weighted by molar-refractivity contribution is 6.01. The molecule has 2 rings (SSSR count). The zero-order chi connectivity index (χ0) is 16.3. The lowest BCUT2D eigenvalue weighted by atomic mass is 10.1. The van der Waals surface area contributed by atoms with Crippen LogP contribution < -0.4 is 11.5 Å². The first-order valence-corrected chi connectivity index (χ1v) is 6.73. The zero-order valence-electron chi connectivity index (χ0n) is 12.8. The lowest BCUT2D eigenvalue weighted by Gasteiger charge is -2.19. The van der Waals surface area contributed by atoms with Gasteiger partial charge in [0.25, 0.3) is 0 Å². The van der Waals surface area contributed by atoms with Crippen LogP contribution in [0.4, 0.5) is 4.79 Å². The molecule has 116 valence electrons. The molecule has 0 atom stereocenters. The van der Waals surface area contributed by atoms with Crippen LogP contribution in [-0.2, 0) is 4.74 Å². The number of nitrogens with zero attached hydrogens (tertiary/aromatic N) is 3. The van der Waals surface area contributed by atoms with Gasteiger partial charge in [0.05, 0.1) is 11.7 Å². The molecule has 0 amide bonds. The molecule has 0 unspecified atom stereocenters. The summed E-state index contributed by atoms with van der Waals surface area (Å²) in [5, 5.41) is 8.20. The monoisotopic (exact) mass is 301 g/mol. The zero-order valence-corrected chi connectivity index (χ0v) is 12.8. The number of fused-ring (bicyclic) bond motifs is 1. The summed E-state index contributed by atoms with van der Waals surface area (Å²) in [5.74, 6) is -0.116. The van der Waals surface area contributed by atoms with Crippen molar-refractivity contribution < 1.29 is 9.53 Å². The molecule has 1 heterocycles. The number of ether oxygens (including phenoxy) is 1. The molecule has 0 fully saturated rings. The Morgan fingerprint density at radius 1 is 1.27 bits per heavy atom. The number of benzene rings is 1. The molecular weight excluding hydrogens is 282 g/mol. The second kappa shape index (κ2) is 5.88. The first kappa shape index (κ1) is 15.6. The van der Waals surface area contributed by atoms with E-state index in [9.17, 15) is 4.79 Å². The van der Waals surface area contributed by atoms with E-state index in [0.29, 0.717) is 0 Å². The number of rotatable bonds is 2.